The molecule has 8 N–H and O–H groups in total. The number of aliphatic hydroxyl groups is 4. The molecular formula is C11H18N4O7. The third-order valence-corrected chi connectivity index (χ3v) is 3.30. The van der Waals surface area contributed by atoms with Gasteiger partial charge in [0.2, 0.25) is 0 Å². The van der Waals surface area contributed by atoms with Gasteiger partial charge in [0.1, 0.15) is 30.1 Å². The van der Waals surface area contributed by atoms with Crippen molar-refractivity contribution in [1.29, 1.82) is 0 Å². The Morgan fingerprint density at radius 3 is 2.64 bits per heavy atom. The Bertz CT molecular complexity index is 578. The molecule has 0 radical (unpaired) electrons. The van der Waals surface area contributed by atoms with E-state index in [2.05, 4.69) is 15.3 Å². The highest BCUT2D eigenvalue weighted by molar-refractivity contribution is 5.60. The number of ether oxygens (including phenoxy) is 2. The monoisotopic (exact) mass is 318 g/mol. The highest BCUT2D eigenvalue weighted by Crippen LogP contribution is 2.23. The van der Waals surface area contributed by atoms with E-state index in [-0.39, 0.29) is 17.5 Å². The minimum atomic E-state index is -1.56. The summed E-state index contributed by atoms with van der Waals surface area (Å²) in [4.78, 5) is 17.7. The summed E-state index contributed by atoms with van der Waals surface area (Å²) in [6.07, 6.45) is -6.94. The van der Waals surface area contributed by atoms with Gasteiger partial charge >= 0.3 is 0 Å². The van der Waals surface area contributed by atoms with Crippen molar-refractivity contribution in [2.24, 2.45) is 0 Å². The van der Waals surface area contributed by atoms with E-state index in [0.717, 1.165) is 0 Å². The number of rotatable bonds is 4. The first-order valence-electron chi connectivity index (χ1n) is 6.39. The SMILES string of the molecule is COc1nc(N[C@H]2O[C@@H](CO)[C@@H](O)[C@@H](O)[C@@H]2O)c(N)c(=O)[nH]1. The lowest BCUT2D eigenvalue weighted by atomic mass is 9.98. The molecule has 0 bridgehead atoms. The predicted octanol–water partition coefficient (Wildman–Crippen LogP) is -3.43. The van der Waals surface area contributed by atoms with Crippen LogP contribution in [-0.2, 0) is 4.74 Å². The second-order valence-electron chi connectivity index (χ2n) is 4.73. The van der Waals surface area contributed by atoms with E-state index in [1.165, 1.54) is 7.11 Å². The molecule has 2 heterocycles. The minimum absolute atomic E-state index is 0.119. The van der Waals surface area contributed by atoms with Gasteiger partial charge in [-0.3, -0.25) is 9.78 Å². The fourth-order valence-electron chi connectivity index (χ4n) is 2.02. The normalized spacial score (nSPS) is 31.8. The highest BCUT2D eigenvalue weighted by atomic mass is 16.6. The van der Waals surface area contributed by atoms with Gasteiger partial charge in [-0.25, -0.2) is 0 Å². The number of hydrogen-bond donors (Lipinski definition) is 7. The topological polar surface area (TPSA) is 183 Å². The zero-order chi connectivity index (χ0) is 16.4. The third-order valence-electron chi connectivity index (χ3n) is 3.30. The molecule has 11 heteroatoms. The number of aromatic amines is 1. The maximum Gasteiger partial charge on any atom is 0.298 e. The first-order valence-corrected chi connectivity index (χ1v) is 6.39. The minimum Gasteiger partial charge on any atom is -0.468 e. The maximum absolute atomic E-state index is 11.6. The lowest BCUT2D eigenvalue weighted by molar-refractivity contribution is -0.221. The summed E-state index contributed by atoms with van der Waals surface area (Å²) in [7, 11) is 1.28. The van der Waals surface area contributed by atoms with Crippen LogP contribution in [0.3, 0.4) is 0 Å². The number of aliphatic hydroxyl groups excluding tert-OH is 4. The molecule has 1 saturated heterocycles. The molecular weight excluding hydrogens is 300 g/mol. The molecule has 0 unspecified atom stereocenters. The molecule has 2 rings (SSSR count). The Morgan fingerprint density at radius 1 is 1.36 bits per heavy atom. The number of nitrogens with zero attached hydrogens (tertiary/aromatic N) is 1. The van der Waals surface area contributed by atoms with Crippen molar-refractivity contribution in [3.8, 4) is 6.01 Å². The molecule has 0 aromatic carbocycles. The zero-order valence-electron chi connectivity index (χ0n) is 11.6. The van der Waals surface area contributed by atoms with Gasteiger partial charge in [0.25, 0.3) is 11.6 Å². The van der Waals surface area contributed by atoms with Crippen LogP contribution in [-0.4, -0.2) is 74.8 Å². The predicted molar refractivity (Wildman–Crippen MR) is 73.2 cm³/mol. The van der Waals surface area contributed by atoms with Crippen molar-refractivity contribution in [2.45, 2.75) is 30.6 Å². The van der Waals surface area contributed by atoms with Gasteiger partial charge in [-0.2, -0.15) is 4.98 Å². The second kappa shape index (κ2) is 6.46. The van der Waals surface area contributed by atoms with E-state index in [0.29, 0.717) is 0 Å². The molecule has 1 aromatic rings. The van der Waals surface area contributed by atoms with Gasteiger partial charge in [-0.1, -0.05) is 0 Å². The smallest absolute Gasteiger partial charge is 0.298 e. The number of H-pyrrole nitrogens is 1. The van der Waals surface area contributed by atoms with Gasteiger partial charge in [0.15, 0.2) is 12.0 Å². The number of methoxy groups -OCH3 is 1. The van der Waals surface area contributed by atoms with Gasteiger partial charge in [0, 0.05) is 0 Å². The van der Waals surface area contributed by atoms with E-state index in [1.807, 2.05) is 0 Å². The van der Waals surface area contributed by atoms with Crippen LogP contribution >= 0.6 is 0 Å². The van der Waals surface area contributed by atoms with E-state index < -0.39 is 42.8 Å². The van der Waals surface area contributed by atoms with Gasteiger partial charge in [-0.15, -0.1) is 0 Å². The Balaban J connectivity index is 2.26. The summed E-state index contributed by atoms with van der Waals surface area (Å²) in [5.74, 6) is -0.134. The van der Waals surface area contributed by atoms with Gasteiger partial charge in [0.05, 0.1) is 13.7 Å². The number of aromatic nitrogens is 2. The van der Waals surface area contributed by atoms with Crippen LogP contribution in [0.2, 0.25) is 0 Å². The van der Waals surface area contributed by atoms with Crippen LogP contribution in [0.1, 0.15) is 0 Å². The summed E-state index contributed by atoms with van der Waals surface area (Å²) in [5, 5.41) is 40.9. The van der Waals surface area contributed by atoms with E-state index >= 15 is 0 Å². The number of nitrogen functional groups attached to an aromatic ring is 1. The van der Waals surface area contributed by atoms with E-state index in [1.54, 1.807) is 0 Å². The molecule has 124 valence electrons. The highest BCUT2D eigenvalue weighted by Gasteiger charge is 2.43. The average molecular weight is 318 g/mol. The molecule has 1 aliphatic rings. The number of nitrogens with one attached hydrogen (secondary N) is 2. The van der Waals surface area contributed by atoms with Crippen LogP contribution in [0.4, 0.5) is 11.5 Å². The fourth-order valence-corrected chi connectivity index (χ4v) is 2.02. The first-order chi connectivity index (χ1) is 10.4. The van der Waals surface area contributed by atoms with Crippen molar-refractivity contribution in [2.75, 3.05) is 24.8 Å². The molecule has 11 nitrogen and oxygen atoms in total. The fraction of sp³-hybridized carbons (Fsp3) is 0.636. The van der Waals surface area contributed by atoms with Gasteiger partial charge in [-0.05, 0) is 0 Å². The largest absolute Gasteiger partial charge is 0.468 e. The third kappa shape index (κ3) is 2.98. The van der Waals surface area contributed by atoms with Gasteiger partial charge < -0.3 is 41.0 Å². The number of hydrogen-bond acceptors (Lipinski definition) is 10. The van der Waals surface area contributed by atoms with Crippen molar-refractivity contribution >= 4 is 11.5 Å². The van der Waals surface area contributed by atoms with Crippen LogP contribution in [0.25, 0.3) is 0 Å². The molecule has 1 aromatic heterocycles. The molecule has 5 atom stereocenters. The van der Waals surface area contributed by atoms with Crippen molar-refractivity contribution in [1.82, 2.24) is 9.97 Å². The summed E-state index contributed by atoms with van der Waals surface area (Å²) in [6, 6.07) is -0.119. The molecule has 1 fully saturated rings. The molecule has 22 heavy (non-hydrogen) atoms. The van der Waals surface area contributed by atoms with Crippen LogP contribution in [0, 0.1) is 0 Å². The molecule has 1 aliphatic heterocycles. The molecule has 0 spiro atoms. The molecule has 0 aliphatic carbocycles. The first kappa shape index (κ1) is 16.5. The quantitative estimate of drug-likeness (QED) is 0.295. The van der Waals surface area contributed by atoms with Crippen LogP contribution in [0.15, 0.2) is 4.79 Å². The number of anilines is 2. The summed E-state index contributed by atoms with van der Waals surface area (Å²) < 4.78 is 10.0. The lowest BCUT2D eigenvalue weighted by Gasteiger charge is -2.40. The van der Waals surface area contributed by atoms with Crippen LogP contribution < -0.4 is 21.3 Å². The number of nitrogens with two attached hydrogens (primary N) is 1. The summed E-state index contributed by atoms with van der Waals surface area (Å²) in [6.45, 7) is -0.579. The second-order valence-corrected chi connectivity index (χ2v) is 4.73. The maximum atomic E-state index is 11.6. The van der Waals surface area contributed by atoms with Crippen molar-refractivity contribution in [3.05, 3.63) is 10.4 Å². The standard InChI is InChI=1S/C11H18N4O7/c1-21-11-14-8(4(12)9(20)15-11)13-10-7(19)6(18)5(17)3(2-16)22-10/h3,5-7,10,16-19H,2,12H2,1H3,(H2,13,14,15,20)/t3-,5+,6+,7-,10-/m0/s1. The Hall–Kier alpha value is -1.92. The molecule has 0 amide bonds. The summed E-state index contributed by atoms with van der Waals surface area (Å²) >= 11 is 0. The Labute approximate surface area is 124 Å². The van der Waals surface area contributed by atoms with Crippen LogP contribution in [0.5, 0.6) is 6.01 Å². The zero-order valence-corrected chi connectivity index (χ0v) is 11.6. The Kier molecular flexibility index (Phi) is 4.83. The van der Waals surface area contributed by atoms with Crippen molar-refractivity contribution in [3.63, 3.8) is 0 Å². The van der Waals surface area contributed by atoms with Crippen molar-refractivity contribution < 1.29 is 29.9 Å². The molecule has 0 saturated carbocycles. The average Bonchev–Trinajstić information content (AvgIpc) is 2.51. The lowest BCUT2D eigenvalue weighted by Crippen LogP contribution is -2.60. The summed E-state index contributed by atoms with van der Waals surface area (Å²) in [5.41, 5.74) is 4.63. The van der Waals surface area contributed by atoms with E-state index in [4.69, 9.17) is 20.3 Å². The Morgan fingerprint density at radius 2 is 2.05 bits per heavy atom. The van der Waals surface area contributed by atoms with E-state index in [9.17, 15) is 20.1 Å².